The first kappa shape index (κ1) is 21.3. The molecule has 5 nitrogen and oxygen atoms in total. The number of para-hydroxylation sites is 1. The van der Waals surface area contributed by atoms with Gasteiger partial charge in [0.2, 0.25) is 0 Å². The van der Waals surface area contributed by atoms with Crippen molar-refractivity contribution in [2.45, 2.75) is 19.5 Å². The number of nitrogens with one attached hydrogen (secondary N) is 2. The van der Waals surface area contributed by atoms with Crippen LogP contribution in [0, 0.1) is 0 Å². The number of aryl methyl sites for hydroxylation is 1. The van der Waals surface area contributed by atoms with Gasteiger partial charge in [-0.1, -0.05) is 37.3 Å². The summed E-state index contributed by atoms with van der Waals surface area (Å²) in [6.45, 7) is 1.84. The van der Waals surface area contributed by atoms with Crippen LogP contribution in [0.15, 0.2) is 48.5 Å². The van der Waals surface area contributed by atoms with E-state index in [-0.39, 0.29) is 19.7 Å². The highest BCUT2D eigenvalue weighted by atomic mass is 19.4. The molecular formula is C20H21F3N2O3. The molecule has 2 aromatic rings. The third kappa shape index (κ3) is 6.00. The number of carbonyl (C=O) groups excluding carboxylic acids is 2. The molecule has 0 fully saturated rings. The van der Waals surface area contributed by atoms with Crippen molar-refractivity contribution >= 4 is 11.8 Å². The Morgan fingerprint density at radius 2 is 1.61 bits per heavy atom. The summed E-state index contributed by atoms with van der Waals surface area (Å²) in [5.74, 6) is -0.622. The molecule has 0 saturated heterocycles. The van der Waals surface area contributed by atoms with Crippen LogP contribution in [0.2, 0.25) is 0 Å². The maximum Gasteiger partial charge on any atom is 0.417 e. The molecule has 0 aliphatic heterocycles. The zero-order valence-electron chi connectivity index (χ0n) is 15.3. The molecule has 2 rings (SSSR count). The van der Waals surface area contributed by atoms with Crippen molar-refractivity contribution in [2.24, 2.45) is 0 Å². The quantitative estimate of drug-likeness (QED) is 0.676. The average molecular weight is 394 g/mol. The second-order valence-electron chi connectivity index (χ2n) is 5.90. The van der Waals surface area contributed by atoms with Gasteiger partial charge in [0.05, 0.1) is 11.1 Å². The summed E-state index contributed by atoms with van der Waals surface area (Å²) >= 11 is 0. The number of alkyl halides is 3. The van der Waals surface area contributed by atoms with E-state index < -0.39 is 29.1 Å². The highest BCUT2D eigenvalue weighted by Gasteiger charge is 2.34. The monoisotopic (exact) mass is 394 g/mol. The van der Waals surface area contributed by atoms with E-state index in [0.717, 1.165) is 24.1 Å². The van der Waals surface area contributed by atoms with Crippen LogP contribution in [0.25, 0.3) is 0 Å². The van der Waals surface area contributed by atoms with E-state index in [0.29, 0.717) is 5.75 Å². The second-order valence-corrected chi connectivity index (χ2v) is 5.90. The molecule has 0 bridgehead atoms. The molecule has 28 heavy (non-hydrogen) atoms. The minimum Gasteiger partial charge on any atom is -0.483 e. The summed E-state index contributed by atoms with van der Waals surface area (Å²) in [6.07, 6.45) is -3.85. The predicted molar refractivity (Wildman–Crippen MR) is 98.1 cm³/mol. The summed E-state index contributed by atoms with van der Waals surface area (Å²) < 4.78 is 44.3. The van der Waals surface area contributed by atoms with Gasteiger partial charge < -0.3 is 15.4 Å². The van der Waals surface area contributed by atoms with E-state index in [9.17, 15) is 22.8 Å². The molecule has 0 aliphatic rings. The maximum atomic E-state index is 12.9. The molecule has 0 atom stereocenters. The topological polar surface area (TPSA) is 67.4 Å². The lowest BCUT2D eigenvalue weighted by Crippen LogP contribution is -2.37. The number of rotatable bonds is 8. The van der Waals surface area contributed by atoms with Gasteiger partial charge >= 0.3 is 6.18 Å². The molecule has 150 valence electrons. The van der Waals surface area contributed by atoms with Crippen LogP contribution >= 0.6 is 0 Å². The van der Waals surface area contributed by atoms with Gasteiger partial charge in [-0.3, -0.25) is 9.59 Å². The van der Waals surface area contributed by atoms with Crippen LogP contribution in [0.5, 0.6) is 5.75 Å². The average Bonchev–Trinajstić information content (AvgIpc) is 2.69. The molecule has 0 unspecified atom stereocenters. The van der Waals surface area contributed by atoms with E-state index in [1.165, 1.54) is 12.1 Å². The zero-order chi connectivity index (χ0) is 20.6. The zero-order valence-corrected chi connectivity index (χ0v) is 15.3. The number of hydrogen-bond donors (Lipinski definition) is 2. The lowest BCUT2D eigenvalue weighted by Gasteiger charge is -2.13. The van der Waals surface area contributed by atoms with E-state index in [4.69, 9.17) is 4.74 Å². The SMILES string of the molecule is CCc1ccccc1OCC(=O)NCCNC(=O)c1ccccc1C(F)(F)F. The van der Waals surface area contributed by atoms with Crippen molar-refractivity contribution in [2.75, 3.05) is 19.7 Å². The third-order valence-electron chi connectivity index (χ3n) is 3.92. The Morgan fingerprint density at radius 3 is 2.32 bits per heavy atom. The van der Waals surface area contributed by atoms with Crippen molar-refractivity contribution < 1.29 is 27.5 Å². The summed E-state index contributed by atoms with van der Waals surface area (Å²) in [4.78, 5) is 23.8. The number of carbonyl (C=O) groups is 2. The van der Waals surface area contributed by atoms with E-state index in [2.05, 4.69) is 10.6 Å². The fourth-order valence-corrected chi connectivity index (χ4v) is 2.53. The predicted octanol–water partition coefficient (Wildman–Crippen LogP) is 3.19. The Labute approximate surface area is 160 Å². The lowest BCUT2D eigenvalue weighted by atomic mass is 10.1. The van der Waals surface area contributed by atoms with Crippen LogP contribution in [-0.4, -0.2) is 31.5 Å². The molecule has 0 radical (unpaired) electrons. The number of benzene rings is 2. The van der Waals surface area contributed by atoms with Gasteiger partial charge in [0.1, 0.15) is 5.75 Å². The third-order valence-corrected chi connectivity index (χ3v) is 3.92. The van der Waals surface area contributed by atoms with Crippen molar-refractivity contribution in [1.82, 2.24) is 10.6 Å². The van der Waals surface area contributed by atoms with Gasteiger partial charge in [0.25, 0.3) is 11.8 Å². The van der Waals surface area contributed by atoms with E-state index in [1.807, 2.05) is 19.1 Å². The molecule has 2 amide bonds. The van der Waals surface area contributed by atoms with Crippen molar-refractivity contribution in [3.8, 4) is 5.75 Å². The minimum absolute atomic E-state index is 0.0116. The Kier molecular flexibility index (Phi) is 7.43. The van der Waals surface area contributed by atoms with Crippen LogP contribution in [-0.2, 0) is 17.4 Å². The molecule has 8 heteroatoms. The molecule has 2 N–H and O–H groups in total. The molecule has 0 saturated carbocycles. The first-order valence-corrected chi connectivity index (χ1v) is 8.74. The van der Waals surface area contributed by atoms with Crippen LogP contribution in [0.3, 0.4) is 0 Å². The number of ether oxygens (including phenoxy) is 1. The summed E-state index contributed by atoms with van der Waals surface area (Å²) in [5, 5.41) is 4.91. The fourth-order valence-electron chi connectivity index (χ4n) is 2.53. The molecule has 0 aliphatic carbocycles. The van der Waals surface area contributed by atoms with Crippen molar-refractivity contribution in [3.63, 3.8) is 0 Å². The highest BCUT2D eigenvalue weighted by Crippen LogP contribution is 2.31. The largest absolute Gasteiger partial charge is 0.483 e. The van der Waals surface area contributed by atoms with Gasteiger partial charge in [-0.2, -0.15) is 13.2 Å². The Balaban J connectivity index is 1.77. The Bertz CT molecular complexity index is 822. The standard InChI is InChI=1S/C20H21F3N2O3/c1-2-14-7-3-6-10-17(14)28-13-18(26)24-11-12-25-19(27)15-8-4-5-9-16(15)20(21,22)23/h3-10H,2,11-13H2,1H3,(H,24,26)(H,25,27). The first-order chi connectivity index (χ1) is 13.3. The number of hydrogen-bond acceptors (Lipinski definition) is 3. The van der Waals surface area contributed by atoms with Crippen LogP contribution in [0.1, 0.15) is 28.4 Å². The van der Waals surface area contributed by atoms with Crippen molar-refractivity contribution in [3.05, 3.63) is 65.2 Å². The minimum atomic E-state index is -4.62. The molecule has 0 spiro atoms. The highest BCUT2D eigenvalue weighted by molar-refractivity contribution is 5.95. The van der Waals surface area contributed by atoms with Gasteiger partial charge in [0, 0.05) is 13.1 Å². The van der Waals surface area contributed by atoms with Crippen LogP contribution in [0.4, 0.5) is 13.2 Å². The van der Waals surface area contributed by atoms with Gasteiger partial charge in [-0.05, 0) is 30.2 Å². The first-order valence-electron chi connectivity index (χ1n) is 8.74. The fraction of sp³-hybridized carbons (Fsp3) is 0.300. The summed E-state index contributed by atoms with van der Waals surface area (Å²) in [6, 6.07) is 11.9. The summed E-state index contributed by atoms with van der Waals surface area (Å²) in [5.41, 5.74) is -0.480. The van der Waals surface area contributed by atoms with E-state index >= 15 is 0 Å². The Hall–Kier alpha value is -3.03. The number of halogens is 3. The van der Waals surface area contributed by atoms with Crippen molar-refractivity contribution in [1.29, 1.82) is 0 Å². The smallest absolute Gasteiger partial charge is 0.417 e. The molecule has 2 aromatic carbocycles. The molecule has 0 heterocycles. The van der Waals surface area contributed by atoms with Crippen LogP contribution < -0.4 is 15.4 Å². The second kappa shape index (κ2) is 9.77. The normalized spacial score (nSPS) is 11.0. The Morgan fingerprint density at radius 1 is 0.964 bits per heavy atom. The van der Waals surface area contributed by atoms with Gasteiger partial charge in [-0.15, -0.1) is 0 Å². The van der Waals surface area contributed by atoms with E-state index in [1.54, 1.807) is 12.1 Å². The molecule has 0 aromatic heterocycles. The van der Waals surface area contributed by atoms with Gasteiger partial charge in [0.15, 0.2) is 6.61 Å². The lowest BCUT2D eigenvalue weighted by molar-refractivity contribution is -0.138. The maximum absolute atomic E-state index is 12.9. The summed E-state index contributed by atoms with van der Waals surface area (Å²) in [7, 11) is 0. The van der Waals surface area contributed by atoms with Gasteiger partial charge in [-0.25, -0.2) is 0 Å². The number of amides is 2. The molecular weight excluding hydrogens is 373 g/mol.